The summed E-state index contributed by atoms with van der Waals surface area (Å²) in [6, 6.07) is -0.799. The molecule has 0 aromatic carbocycles. The molecule has 1 saturated heterocycles. The molecule has 0 aromatic heterocycles. The van der Waals surface area contributed by atoms with Crippen LogP contribution in [0.1, 0.15) is 6.92 Å². The highest BCUT2D eigenvalue weighted by atomic mass is 32.2. The van der Waals surface area contributed by atoms with Crippen molar-refractivity contribution < 1.29 is 24.3 Å². The van der Waals surface area contributed by atoms with Gasteiger partial charge in [-0.25, -0.2) is 9.28 Å². The number of hydrogen-bond donors (Lipinski definition) is 2. The molecule has 2 unspecified atom stereocenters. The van der Waals surface area contributed by atoms with Gasteiger partial charge in [0.05, 0.1) is 12.3 Å². The number of aliphatic carboxylic acids is 1. The molecule has 1 rings (SSSR count). The van der Waals surface area contributed by atoms with Gasteiger partial charge in [0, 0.05) is 0 Å². The van der Waals surface area contributed by atoms with Crippen LogP contribution in [0.15, 0.2) is 0 Å². The van der Waals surface area contributed by atoms with Gasteiger partial charge in [-0.2, -0.15) is 4.79 Å². The first kappa shape index (κ1) is 10.3. The van der Waals surface area contributed by atoms with E-state index >= 15 is 0 Å². The zero-order valence-electron chi connectivity index (χ0n) is 7.27. The quantitative estimate of drug-likeness (QED) is 0.649. The fourth-order valence-electron chi connectivity index (χ4n) is 1.48. The zero-order valence-corrected chi connectivity index (χ0v) is 8.08. The minimum atomic E-state index is -1.04. The monoisotopic (exact) mass is 206 g/mol. The Morgan fingerprint density at radius 3 is 2.46 bits per heavy atom. The molecule has 0 bridgehead atoms. The summed E-state index contributed by atoms with van der Waals surface area (Å²) in [5, 5.41) is 17.8. The van der Waals surface area contributed by atoms with Crippen molar-refractivity contribution in [2.45, 2.75) is 13.0 Å². The summed E-state index contributed by atoms with van der Waals surface area (Å²) in [4.78, 5) is 21.8. The second kappa shape index (κ2) is 3.55. The third-order valence-electron chi connectivity index (χ3n) is 2.42. The molecule has 13 heavy (non-hydrogen) atoms. The maximum Gasteiger partial charge on any atom is 0.514 e. The number of nitrogens with zero attached hydrogens (tertiary/aromatic N) is 1. The summed E-state index contributed by atoms with van der Waals surface area (Å²) in [6.07, 6.45) is -1.04. The number of likely N-dealkylation sites (N-methyl/N-ethyl adjacent to an activating group) is 1. The van der Waals surface area contributed by atoms with Crippen LogP contribution in [0.5, 0.6) is 0 Å². The Morgan fingerprint density at radius 2 is 2.15 bits per heavy atom. The van der Waals surface area contributed by atoms with Gasteiger partial charge in [0.1, 0.15) is 5.88 Å². The fraction of sp³-hybridized carbons (Fsp3) is 0.714. The highest BCUT2D eigenvalue weighted by Crippen LogP contribution is 2.30. The van der Waals surface area contributed by atoms with E-state index in [1.807, 2.05) is 0 Å². The van der Waals surface area contributed by atoms with Gasteiger partial charge < -0.3 is 10.2 Å². The van der Waals surface area contributed by atoms with E-state index in [1.165, 1.54) is 11.8 Å². The smallest absolute Gasteiger partial charge is 0.477 e. The molecule has 0 aromatic rings. The SMILES string of the molecule is CC[N+]1(C(=O)O)CSCC1C(=O)O. The number of amides is 1. The maximum absolute atomic E-state index is 11.0. The number of carbonyl (C=O) groups is 2. The van der Waals surface area contributed by atoms with Crippen LogP contribution in [0.2, 0.25) is 0 Å². The van der Waals surface area contributed by atoms with E-state index in [0.29, 0.717) is 18.2 Å². The molecule has 1 aliphatic heterocycles. The molecular formula is C7H12NO4S+. The molecule has 5 nitrogen and oxygen atoms in total. The third kappa shape index (κ3) is 1.51. The van der Waals surface area contributed by atoms with Crippen molar-refractivity contribution in [1.29, 1.82) is 0 Å². The summed E-state index contributed by atoms with van der Waals surface area (Å²) in [7, 11) is 0. The lowest BCUT2D eigenvalue weighted by molar-refractivity contribution is -0.852. The first-order valence-electron chi connectivity index (χ1n) is 3.95. The average molecular weight is 206 g/mol. The van der Waals surface area contributed by atoms with Gasteiger partial charge in [0.25, 0.3) is 0 Å². The average Bonchev–Trinajstić information content (AvgIpc) is 2.48. The molecule has 0 aliphatic carbocycles. The van der Waals surface area contributed by atoms with Crippen molar-refractivity contribution in [3.05, 3.63) is 0 Å². The van der Waals surface area contributed by atoms with Gasteiger partial charge in [-0.15, -0.1) is 0 Å². The minimum Gasteiger partial charge on any atom is -0.477 e. The minimum absolute atomic E-state index is 0.319. The Bertz CT molecular complexity index is 245. The number of carboxylic acids is 1. The molecule has 6 heteroatoms. The summed E-state index contributed by atoms with van der Waals surface area (Å²) in [6.45, 7) is 2.02. The van der Waals surface area contributed by atoms with E-state index in [1.54, 1.807) is 6.92 Å². The molecule has 74 valence electrons. The zero-order chi connectivity index (χ0) is 10.1. The van der Waals surface area contributed by atoms with Crippen LogP contribution in [0.25, 0.3) is 0 Å². The van der Waals surface area contributed by atoms with Crippen LogP contribution < -0.4 is 0 Å². The van der Waals surface area contributed by atoms with Crippen molar-refractivity contribution in [1.82, 2.24) is 0 Å². The van der Waals surface area contributed by atoms with Gasteiger partial charge in [-0.3, -0.25) is 0 Å². The van der Waals surface area contributed by atoms with E-state index in [9.17, 15) is 9.59 Å². The number of thioether (sulfide) groups is 1. The van der Waals surface area contributed by atoms with Crippen molar-refractivity contribution in [3.8, 4) is 0 Å². The normalized spacial score (nSPS) is 33.2. The van der Waals surface area contributed by atoms with E-state index in [-0.39, 0.29) is 4.48 Å². The Labute approximate surface area is 79.9 Å². The summed E-state index contributed by atoms with van der Waals surface area (Å²) >= 11 is 1.38. The summed E-state index contributed by atoms with van der Waals surface area (Å²) in [5.41, 5.74) is 0. The number of rotatable bonds is 2. The van der Waals surface area contributed by atoms with Gasteiger partial charge in [0.15, 0.2) is 0 Å². The van der Waals surface area contributed by atoms with Crippen molar-refractivity contribution in [2.75, 3.05) is 18.2 Å². The van der Waals surface area contributed by atoms with Crippen LogP contribution in [0.4, 0.5) is 4.79 Å². The van der Waals surface area contributed by atoms with E-state index in [0.717, 1.165) is 0 Å². The Morgan fingerprint density at radius 1 is 1.54 bits per heavy atom. The number of quaternary nitrogens is 1. The molecule has 0 saturated carbocycles. The van der Waals surface area contributed by atoms with Crippen LogP contribution in [0.3, 0.4) is 0 Å². The van der Waals surface area contributed by atoms with E-state index in [2.05, 4.69) is 0 Å². The Hall–Kier alpha value is -0.750. The van der Waals surface area contributed by atoms with Crippen LogP contribution in [-0.4, -0.2) is 51.0 Å². The lowest BCUT2D eigenvalue weighted by Crippen LogP contribution is -2.58. The van der Waals surface area contributed by atoms with E-state index in [4.69, 9.17) is 10.2 Å². The molecule has 1 fully saturated rings. The van der Waals surface area contributed by atoms with Gasteiger partial charge in [-0.05, 0) is 6.92 Å². The predicted octanol–water partition coefficient (Wildman–Crippen LogP) is 0.659. The Kier molecular flexibility index (Phi) is 2.82. The second-order valence-electron chi connectivity index (χ2n) is 2.99. The molecule has 0 radical (unpaired) electrons. The largest absolute Gasteiger partial charge is 0.514 e. The molecule has 0 spiro atoms. The number of carboxylic acid groups (broad SMARTS) is 2. The van der Waals surface area contributed by atoms with Crippen LogP contribution in [0, 0.1) is 0 Å². The third-order valence-corrected chi connectivity index (χ3v) is 3.62. The summed E-state index contributed by atoms with van der Waals surface area (Å²) < 4.78 is -0.347. The maximum atomic E-state index is 11.0. The van der Waals surface area contributed by atoms with Crippen LogP contribution >= 0.6 is 11.8 Å². The molecular weight excluding hydrogens is 194 g/mol. The van der Waals surface area contributed by atoms with Gasteiger partial charge >= 0.3 is 12.1 Å². The van der Waals surface area contributed by atoms with E-state index < -0.39 is 18.1 Å². The van der Waals surface area contributed by atoms with Crippen molar-refractivity contribution in [2.24, 2.45) is 0 Å². The molecule has 1 heterocycles. The van der Waals surface area contributed by atoms with Gasteiger partial charge in [0.2, 0.25) is 6.04 Å². The second-order valence-corrected chi connectivity index (χ2v) is 3.99. The highest BCUT2D eigenvalue weighted by molar-refractivity contribution is 7.99. The lowest BCUT2D eigenvalue weighted by Gasteiger charge is -2.29. The standard InChI is InChI=1S/C7H11NO4S/c1-2-8(7(11)12)4-13-3-5(8)6(9)10/h5H,2-4H2,1H3,(H-,9,10,11,12)/p+1. The molecule has 2 atom stereocenters. The van der Waals surface area contributed by atoms with Crippen LogP contribution in [-0.2, 0) is 4.79 Å². The predicted molar refractivity (Wildman–Crippen MR) is 47.6 cm³/mol. The molecule has 1 amide bonds. The first-order chi connectivity index (χ1) is 6.04. The number of hydrogen-bond acceptors (Lipinski definition) is 3. The Balaban J connectivity index is 2.96. The van der Waals surface area contributed by atoms with Crippen molar-refractivity contribution >= 4 is 23.8 Å². The van der Waals surface area contributed by atoms with Gasteiger partial charge in [-0.1, -0.05) is 11.8 Å². The highest BCUT2D eigenvalue weighted by Gasteiger charge is 2.52. The topological polar surface area (TPSA) is 74.6 Å². The fourth-order valence-corrected chi connectivity index (χ4v) is 3.03. The summed E-state index contributed by atoms with van der Waals surface area (Å²) in [5.74, 6) is -0.285. The first-order valence-corrected chi connectivity index (χ1v) is 5.11. The molecule has 2 N–H and O–H groups in total. The lowest BCUT2D eigenvalue weighted by atomic mass is 10.2. The molecule has 1 aliphatic rings. The van der Waals surface area contributed by atoms with Crippen molar-refractivity contribution in [3.63, 3.8) is 0 Å².